The Hall–Kier alpha value is -2.50. The number of pyridine rings is 1. The lowest BCUT2D eigenvalue weighted by molar-refractivity contribution is 0.0999. The molecule has 0 atom stereocenters. The quantitative estimate of drug-likeness (QED) is 0.870. The molecule has 0 spiro atoms. The van der Waals surface area contributed by atoms with Gasteiger partial charge in [-0.25, -0.2) is 8.78 Å². The Labute approximate surface area is 100 Å². The summed E-state index contributed by atoms with van der Waals surface area (Å²) in [4.78, 5) is 22.6. The SMILES string of the molecule is NC(=O)c1ccc(=O)n(-c2cccc(F)c2F)c1. The molecular formula is C12H8F2N2O2. The minimum Gasteiger partial charge on any atom is -0.366 e. The van der Waals surface area contributed by atoms with Crippen LogP contribution in [0, 0.1) is 11.6 Å². The van der Waals surface area contributed by atoms with E-state index in [0.717, 1.165) is 22.9 Å². The van der Waals surface area contributed by atoms with Gasteiger partial charge in [-0.3, -0.25) is 14.2 Å². The van der Waals surface area contributed by atoms with Crippen LogP contribution in [0.2, 0.25) is 0 Å². The fourth-order valence-electron chi connectivity index (χ4n) is 1.50. The van der Waals surface area contributed by atoms with E-state index in [9.17, 15) is 18.4 Å². The Morgan fingerprint density at radius 3 is 2.56 bits per heavy atom. The molecule has 1 aromatic carbocycles. The summed E-state index contributed by atoms with van der Waals surface area (Å²) in [5.41, 5.74) is 4.21. The minimum absolute atomic E-state index is 0.0262. The smallest absolute Gasteiger partial charge is 0.255 e. The first kappa shape index (κ1) is 12.0. The third-order valence-electron chi connectivity index (χ3n) is 2.39. The average Bonchev–Trinajstić information content (AvgIpc) is 2.33. The number of hydrogen-bond donors (Lipinski definition) is 1. The molecule has 0 aliphatic rings. The van der Waals surface area contributed by atoms with Gasteiger partial charge in [0, 0.05) is 12.3 Å². The second-order valence-electron chi connectivity index (χ2n) is 3.56. The molecule has 0 unspecified atom stereocenters. The topological polar surface area (TPSA) is 65.1 Å². The summed E-state index contributed by atoms with van der Waals surface area (Å²) in [6.45, 7) is 0. The Kier molecular flexibility index (Phi) is 2.93. The molecule has 2 rings (SSSR count). The van der Waals surface area contributed by atoms with E-state index in [0.29, 0.717) is 0 Å². The molecule has 92 valence electrons. The maximum absolute atomic E-state index is 13.5. The molecule has 0 aliphatic carbocycles. The molecule has 0 bridgehead atoms. The Balaban J connectivity index is 2.70. The number of hydrogen-bond acceptors (Lipinski definition) is 2. The summed E-state index contributed by atoms with van der Waals surface area (Å²) in [7, 11) is 0. The van der Waals surface area contributed by atoms with Crippen molar-refractivity contribution in [3.63, 3.8) is 0 Å². The van der Waals surface area contributed by atoms with Crippen molar-refractivity contribution in [2.24, 2.45) is 5.73 Å². The van der Waals surface area contributed by atoms with E-state index in [1.165, 1.54) is 18.2 Å². The Bertz CT molecular complexity index is 680. The normalized spacial score (nSPS) is 10.3. The summed E-state index contributed by atoms with van der Waals surface area (Å²) in [6.07, 6.45) is 1.07. The van der Waals surface area contributed by atoms with Gasteiger partial charge in [-0.05, 0) is 18.2 Å². The maximum atomic E-state index is 13.5. The Morgan fingerprint density at radius 2 is 1.89 bits per heavy atom. The number of carbonyl (C=O) groups is 1. The molecule has 1 aromatic heterocycles. The maximum Gasteiger partial charge on any atom is 0.255 e. The zero-order valence-corrected chi connectivity index (χ0v) is 9.06. The number of benzene rings is 1. The molecule has 0 fully saturated rings. The van der Waals surface area contributed by atoms with Crippen molar-refractivity contribution < 1.29 is 13.6 Å². The van der Waals surface area contributed by atoms with Gasteiger partial charge in [-0.15, -0.1) is 0 Å². The van der Waals surface area contributed by atoms with Crippen molar-refractivity contribution in [3.8, 4) is 5.69 Å². The first-order chi connectivity index (χ1) is 8.50. The van der Waals surface area contributed by atoms with Crippen molar-refractivity contribution in [2.75, 3.05) is 0 Å². The molecule has 2 aromatic rings. The number of carbonyl (C=O) groups excluding carboxylic acids is 1. The second kappa shape index (κ2) is 4.40. The Morgan fingerprint density at radius 1 is 1.17 bits per heavy atom. The van der Waals surface area contributed by atoms with Crippen LogP contribution in [0.25, 0.3) is 5.69 Å². The molecule has 1 heterocycles. The molecule has 0 aliphatic heterocycles. The van der Waals surface area contributed by atoms with Crippen LogP contribution in [0.4, 0.5) is 8.78 Å². The first-order valence-corrected chi connectivity index (χ1v) is 4.97. The number of rotatable bonds is 2. The van der Waals surface area contributed by atoms with Crippen LogP contribution < -0.4 is 11.3 Å². The van der Waals surface area contributed by atoms with Gasteiger partial charge < -0.3 is 5.73 Å². The van der Waals surface area contributed by atoms with Crippen LogP contribution in [0.3, 0.4) is 0 Å². The van der Waals surface area contributed by atoms with Crippen LogP contribution in [-0.4, -0.2) is 10.5 Å². The number of nitrogens with two attached hydrogens (primary N) is 1. The van der Waals surface area contributed by atoms with Gasteiger partial charge in [0.15, 0.2) is 11.6 Å². The number of halogens is 2. The van der Waals surface area contributed by atoms with Gasteiger partial charge >= 0.3 is 0 Å². The highest BCUT2D eigenvalue weighted by Gasteiger charge is 2.12. The monoisotopic (exact) mass is 250 g/mol. The van der Waals surface area contributed by atoms with E-state index >= 15 is 0 Å². The highest BCUT2D eigenvalue weighted by Crippen LogP contribution is 2.14. The van der Waals surface area contributed by atoms with Crippen molar-refractivity contribution in [2.45, 2.75) is 0 Å². The van der Waals surface area contributed by atoms with Crippen molar-refractivity contribution in [1.82, 2.24) is 4.57 Å². The fourth-order valence-corrected chi connectivity index (χ4v) is 1.50. The van der Waals surface area contributed by atoms with E-state index in [4.69, 9.17) is 5.73 Å². The summed E-state index contributed by atoms with van der Waals surface area (Å²) in [6, 6.07) is 5.70. The van der Waals surface area contributed by atoms with Gasteiger partial charge in [-0.2, -0.15) is 0 Å². The lowest BCUT2D eigenvalue weighted by Crippen LogP contribution is -2.21. The summed E-state index contributed by atoms with van der Waals surface area (Å²) in [5, 5.41) is 0. The highest BCUT2D eigenvalue weighted by atomic mass is 19.2. The molecule has 2 N–H and O–H groups in total. The predicted octanol–water partition coefficient (Wildman–Crippen LogP) is 1.21. The molecule has 0 saturated heterocycles. The highest BCUT2D eigenvalue weighted by molar-refractivity contribution is 5.92. The van der Waals surface area contributed by atoms with E-state index in [-0.39, 0.29) is 11.3 Å². The first-order valence-electron chi connectivity index (χ1n) is 4.97. The van der Waals surface area contributed by atoms with Crippen LogP contribution in [-0.2, 0) is 0 Å². The van der Waals surface area contributed by atoms with Crippen LogP contribution in [0.15, 0.2) is 41.3 Å². The lowest BCUT2D eigenvalue weighted by atomic mass is 10.2. The van der Waals surface area contributed by atoms with Crippen molar-refractivity contribution in [1.29, 1.82) is 0 Å². The zero-order chi connectivity index (χ0) is 13.3. The number of aromatic nitrogens is 1. The molecule has 0 radical (unpaired) electrons. The second-order valence-corrected chi connectivity index (χ2v) is 3.56. The number of nitrogens with zero attached hydrogens (tertiary/aromatic N) is 1. The van der Waals surface area contributed by atoms with E-state index < -0.39 is 23.1 Å². The van der Waals surface area contributed by atoms with Gasteiger partial charge in [0.05, 0.1) is 11.3 Å². The van der Waals surface area contributed by atoms with Crippen LogP contribution in [0.1, 0.15) is 10.4 Å². The van der Waals surface area contributed by atoms with Crippen molar-refractivity contribution in [3.05, 3.63) is 64.1 Å². The van der Waals surface area contributed by atoms with E-state index in [1.54, 1.807) is 0 Å². The summed E-state index contributed by atoms with van der Waals surface area (Å²) >= 11 is 0. The molecule has 1 amide bonds. The number of primary amides is 1. The van der Waals surface area contributed by atoms with E-state index in [2.05, 4.69) is 0 Å². The van der Waals surface area contributed by atoms with Crippen LogP contribution >= 0.6 is 0 Å². The summed E-state index contributed by atoms with van der Waals surface area (Å²) in [5.74, 6) is -3.01. The van der Waals surface area contributed by atoms with Crippen molar-refractivity contribution >= 4 is 5.91 Å². The zero-order valence-electron chi connectivity index (χ0n) is 9.06. The largest absolute Gasteiger partial charge is 0.366 e. The summed E-state index contributed by atoms with van der Waals surface area (Å²) < 4.78 is 27.5. The molecular weight excluding hydrogens is 242 g/mol. The van der Waals surface area contributed by atoms with Gasteiger partial charge in [0.25, 0.3) is 5.56 Å². The van der Waals surface area contributed by atoms with Gasteiger partial charge in [-0.1, -0.05) is 6.07 Å². The fraction of sp³-hybridized carbons (Fsp3) is 0. The lowest BCUT2D eigenvalue weighted by Gasteiger charge is -2.08. The van der Waals surface area contributed by atoms with E-state index in [1.807, 2.05) is 0 Å². The molecule has 6 heteroatoms. The average molecular weight is 250 g/mol. The third kappa shape index (κ3) is 2.00. The van der Waals surface area contributed by atoms with Gasteiger partial charge in [0.2, 0.25) is 5.91 Å². The third-order valence-corrected chi connectivity index (χ3v) is 2.39. The van der Waals surface area contributed by atoms with Crippen LogP contribution in [0.5, 0.6) is 0 Å². The van der Waals surface area contributed by atoms with Gasteiger partial charge in [0.1, 0.15) is 0 Å². The number of amides is 1. The minimum atomic E-state index is -1.17. The molecule has 0 saturated carbocycles. The predicted molar refractivity (Wildman–Crippen MR) is 60.5 cm³/mol. The standard InChI is InChI=1S/C12H8F2N2O2/c13-8-2-1-3-9(11(8)14)16-6-7(12(15)18)4-5-10(16)17/h1-6H,(H2,15,18). The molecule has 4 nitrogen and oxygen atoms in total. The molecule has 18 heavy (non-hydrogen) atoms.